The van der Waals surface area contributed by atoms with Crippen molar-refractivity contribution >= 4 is 40.7 Å². The molecule has 1 aliphatic rings. The molecule has 7 nitrogen and oxygen atoms in total. The summed E-state index contributed by atoms with van der Waals surface area (Å²) in [7, 11) is 1.56. The Bertz CT molecular complexity index is 1190. The summed E-state index contributed by atoms with van der Waals surface area (Å²) in [5, 5.41) is 9.67. The monoisotopic (exact) mass is 516 g/mol. The number of hydrogen-bond acceptors (Lipinski definition) is 6. The number of nitrogens with zero attached hydrogens (tertiary/aromatic N) is 3. The molecule has 4 rings (SSSR count). The maximum absolute atomic E-state index is 13.7. The molecule has 10 heteroatoms. The summed E-state index contributed by atoms with van der Waals surface area (Å²) in [5.41, 5.74) is 2.02. The average Bonchev–Trinajstić information content (AvgIpc) is 3.45. The Balaban J connectivity index is 1.92. The fourth-order valence-corrected chi connectivity index (χ4v) is 6.17. The second-order valence-corrected chi connectivity index (χ2v) is 11.3. The van der Waals surface area contributed by atoms with Gasteiger partial charge < -0.3 is 10.1 Å². The lowest BCUT2D eigenvalue weighted by Crippen LogP contribution is -2.43. The highest BCUT2D eigenvalue weighted by Crippen LogP contribution is 2.49. The van der Waals surface area contributed by atoms with E-state index in [-0.39, 0.29) is 40.6 Å². The van der Waals surface area contributed by atoms with Gasteiger partial charge in [0.15, 0.2) is 0 Å². The van der Waals surface area contributed by atoms with Crippen molar-refractivity contribution in [1.82, 2.24) is 15.1 Å². The summed E-state index contributed by atoms with van der Waals surface area (Å²) in [6.07, 6.45) is 0. The molecule has 3 heterocycles. The largest absolute Gasteiger partial charge is 0.383 e. The van der Waals surface area contributed by atoms with E-state index in [1.54, 1.807) is 47.0 Å². The molecule has 0 bridgehead atoms. The van der Waals surface area contributed by atoms with Gasteiger partial charge in [-0.25, -0.2) is 9.07 Å². The van der Waals surface area contributed by atoms with Crippen molar-refractivity contribution in [2.75, 3.05) is 37.5 Å². The molecule has 3 aromatic rings. The standard InChI is InChI=1S/C25H29FN4O3S2/c1-25(2,3)23-21-22(18-6-5-13-34-18)35-15-20(32)29(14-19(31)27-11-12-33-4)24(21)30(28-23)17-9-7-16(26)8-10-17/h5-10,13,22H,11-12,14-15H2,1-4H3,(H,27,31)/t22-/m1/s1. The third kappa shape index (κ3) is 5.44. The topological polar surface area (TPSA) is 76.5 Å². The van der Waals surface area contributed by atoms with Crippen molar-refractivity contribution in [2.24, 2.45) is 0 Å². The Labute approximate surface area is 212 Å². The van der Waals surface area contributed by atoms with Gasteiger partial charge in [-0.3, -0.25) is 14.5 Å². The SMILES string of the molecule is COCCNC(=O)CN1C(=O)CS[C@H](c2cccs2)c2c(C(C)(C)C)nn(-c3ccc(F)cc3)c21. The van der Waals surface area contributed by atoms with Crippen molar-refractivity contribution in [3.05, 3.63) is 63.7 Å². The zero-order valence-electron chi connectivity index (χ0n) is 20.2. The minimum Gasteiger partial charge on any atom is -0.383 e. The number of anilines is 1. The molecule has 0 saturated carbocycles. The van der Waals surface area contributed by atoms with E-state index in [1.807, 2.05) is 11.4 Å². The zero-order valence-corrected chi connectivity index (χ0v) is 21.8. The number of hydrogen-bond donors (Lipinski definition) is 1. The smallest absolute Gasteiger partial charge is 0.240 e. The molecule has 1 atom stereocenters. The number of thiophene rings is 1. The molecule has 2 amide bonds. The van der Waals surface area contributed by atoms with Gasteiger partial charge in [-0.2, -0.15) is 5.10 Å². The molecule has 0 radical (unpaired) electrons. The van der Waals surface area contributed by atoms with Crippen LogP contribution in [0.25, 0.3) is 5.69 Å². The number of aromatic nitrogens is 2. The molecule has 0 aliphatic carbocycles. The number of carbonyl (C=O) groups is 2. The van der Waals surface area contributed by atoms with Gasteiger partial charge in [0.25, 0.3) is 0 Å². The predicted octanol–water partition coefficient (Wildman–Crippen LogP) is 4.30. The number of halogens is 1. The minimum absolute atomic E-state index is 0.126. The van der Waals surface area contributed by atoms with Gasteiger partial charge in [-0.15, -0.1) is 23.1 Å². The average molecular weight is 517 g/mol. The lowest BCUT2D eigenvalue weighted by Gasteiger charge is -2.24. The molecule has 0 spiro atoms. The zero-order chi connectivity index (χ0) is 25.2. The lowest BCUT2D eigenvalue weighted by molar-refractivity contribution is -0.123. The molecular weight excluding hydrogens is 487 g/mol. The second kappa shape index (κ2) is 10.5. The Hall–Kier alpha value is -2.69. The predicted molar refractivity (Wildman–Crippen MR) is 138 cm³/mol. The van der Waals surface area contributed by atoms with Crippen LogP contribution < -0.4 is 10.2 Å². The maximum atomic E-state index is 13.7. The molecule has 186 valence electrons. The number of rotatable bonds is 7. The van der Waals surface area contributed by atoms with Crippen LogP contribution in [0.2, 0.25) is 0 Å². The second-order valence-electron chi connectivity index (χ2n) is 9.25. The van der Waals surface area contributed by atoms with E-state index in [0.717, 1.165) is 16.1 Å². The van der Waals surface area contributed by atoms with Crippen LogP contribution in [0.15, 0.2) is 41.8 Å². The first-order valence-corrected chi connectivity index (χ1v) is 13.2. The maximum Gasteiger partial charge on any atom is 0.240 e. The fourth-order valence-electron chi connectivity index (χ4n) is 3.99. The number of amides is 2. The van der Waals surface area contributed by atoms with Crippen LogP contribution in [-0.4, -0.2) is 54.2 Å². The van der Waals surface area contributed by atoms with Gasteiger partial charge in [-0.05, 0) is 35.7 Å². The van der Waals surface area contributed by atoms with Crippen LogP contribution in [0.1, 0.15) is 42.2 Å². The van der Waals surface area contributed by atoms with Crippen LogP contribution in [0.4, 0.5) is 10.2 Å². The molecule has 0 fully saturated rings. The first-order chi connectivity index (χ1) is 16.7. The minimum atomic E-state index is -0.361. The summed E-state index contributed by atoms with van der Waals surface area (Å²) in [6.45, 7) is 6.81. The fraction of sp³-hybridized carbons (Fsp3) is 0.400. The lowest BCUT2D eigenvalue weighted by atomic mass is 9.88. The van der Waals surface area contributed by atoms with E-state index in [9.17, 15) is 14.0 Å². The van der Waals surface area contributed by atoms with Gasteiger partial charge in [-0.1, -0.05) is 26.8 Å². The number of carbonyl (C=O) groups excluding carboxylic acids is 2. The Morgan fingerprint density at radius 3 is 2.63 bits per heavy atom. The normalized spacial score (nSPS) is 16.2. The van der Waals surface area contributed by atoms with Gasteiger partial charge in [0, 0.05) is 29.5 Å². The number of nitrogens with one attached hydrogen (secondary N) is 1. The molecule has 1 N–H and O–H groups in total. The molecular formula is C25H29FN4O3S2. The van der Waals surface area contributed by atoms with Crippen molar-refractivity contribution in [3.8, 4) is 5.69 Å². The molecule has 0 saturated heterocycles. The Morgan fingerprint density at radius 2 is 2.00 bits per heavy atom. The third-order valence-electron chi connectivity index (χ3n) is 5.60. The van der Waals surface area contributed by atoms with E-state index in [4.69, 9.17) is 9.84 Å². The summed E-state index contributed by atoms with van der Waals surface area (Å²) < 4.78 is 20.5. The summed E-state index contributed by atoms with van der Waals surface area (Å²) >= 11 is 3.17. The Morgan fingerprint density at radius 1 is 1.26 bits per heavy atom. The van der Waals surface area contributed by atoms with E-state index >= 15 is 0 Å². The summed E-state index contributed by atoms with van der Waals surface area (Å²) in [6, 6.07) is 10.1. The summed E-state index contributed by atoms with van der Waals surface area (Å²) in [5.74, 6) is -0.0568. The van der Waals surface area contributed by atoms with Crippen LogP contribution in [0.5, 0.6) is 0 Å². The van der Waals surface area contributed by atoms with Crippen molar-refractivity contribution in [2.45, 2.75) is 31.4 Å². The highest BCUT2D eigenvalue weighted by Gasteiger charge is 2.40. The molecule has 2 aromatic heterocycles. The van der Waals surface area contributed by atoms with E-state index in [2.05, 4.69) is 32.2 Å². The first kappa shape index (κ1) is 25.4. The van der Waals surface area contributed by atoms with Crippen molar-refractivity contribution < 1.29 is 18.7 Å². The molecule has 1 aromatic carbocycles. The molecule has 1 aliphatic heterocycles. The first-order valence-electron chi connectivity index (χ1n) is 11.3. The highest BCUT2D eigenvalue weighted by molar-refractivity contribution is 8.00. The number of thioether (sulfide) groups is 1. The highest BCUT2D eigenvalue weighted by atomic mass is 32.2. The van der Waals surface area contributed by atoms with Gasteiger partial charge in [0.1, 0.15) is 18.2 Å². The Kier molecular flexibility index (Phi) is 7.63. The van der Waals surface area contributed by atoms with E-state index < -0.39 is 0 Å². The number of methoxy groups -OCH3 is 1. The van der Waals surface area contributed by atoms with Crippen LogP contribution >= 0.6 is 23.1 Å². The van der Waals surface area contributed by atoms with E-state index in [1.165, 1.54) is 17.0 Å². The van der Waals surface area contributed by atoms with Gasteiger partial charge in [0.05, 0.1) is 29.0 Å². The van der Waals surface area contributed by atoms with Crippen LogP contribution in [-0.2, 0) is 19.7 Å². The molecule has 0 unspecified atom stereocenters. The number of ether oxygens (including phenoxy) is 1. The van der Waals surface area contributed by atoms with Gasteiger partial charge in [0.2, 0.25) is 11.8 Å². The number of fused-ring (bicyclic) bond motifs is 1. The van der Waals surface area contributed by atoms with Crippen molar-refractivity contribution in [3.63, 3.8) is 0 Å². The van der Waals surface area contributed by atoms with Crippen molar-refractivity contribution in [1.29, 1.82) is 0 Å². The van der Waals surface area contributed by atoms with Crippen LogP contribution in [0.3, 0.4) is 0 Å². The quantitative estimate of drug-likeness (QED) is 0.474. The van der Waals surface area contributed by atoms with E-state index in [0.29, 0.717) is 24.7 Å². The third-order valence-corrected chi connectivity index (χ3v) is 7.93. The summed E-state index contributed by atoms with van der Waals surface area (Å²) in [4.78, 5) is 28.9. The number of benzene rings is 1. The molecule has 35 heavy (non-hydrogen) atoms. The van der Waals surface area contributed by atoms with Gasteiger partial charge >= 0.3 is 0 Å². The van der Waals surface area contributed by atoms with Crippen LogP contribution in [0, 0.1) is 5.82 Å².